The summed E-state index contributed by atoms with van der Waals surface area (Å²) in [4.78, 5) is 0. The van der Waals surface area contributed by atoms with Crippen LogP contribution in [0.2, 0.25) is 0 Å². The monoisotopic (exact) mass is 294 g/mol. The molecule has 0 amide bonds. The SMILES string of the molecule is Cc1cc2c(cc1Br)C(C)(C)C(C)(C)C2(C)C. The second kappa shape index (κ2) is 3.38. The van der Waals surface area contributed by atoms with Gasteiger partial charge in [0.2, 0.25) is 0 Å². The van der Waals surface area contributed by atoms with Crippen LogP contribution in [0.3, 0.4) is 0 Å². The molecule has 1 aliphatic carbocycles. The maximum absolute atomic E-state index is 3.68. The first-order chi connectivity index (χ1) is 7.53. The lowest BCUT2D eigenvalue weighted by Gasteiger charge is -2.44. The molecule has 1 heteroatoms. The molecule has 1 aliphatic rings. The summed E-state index contributed by atoms with van der Waals surface area (Å²) >= 11 is 3.68. The van der Waals surface area contributed by atoms with Crippen LogP contribution in [0.15, 0.2) is 16.6 Å². The van der Waals surface area contributed by atoms with E-state index in [4.69, 9.17) is 0 Å². The molecule has 0 saturated heterocycles. The molecule has 1 aromatic rings. The molecule has 17 heavy (non-hydrogen) atoms. The van der Waals surface area contributed by atoms with Crippen LogP contribution < -0.4 is 0 Å². The van der Waals surface area contributed by atoms with Gasteiger partial charge in [0.1, 0.15) is 0 Å². The van der Waals surface area contributed by atoms with Crippen molar-refractivity contribution in [1.29, 1.82) is 0 Å². The van der Waals surface area contributed by atoms with Crippen LogP contribution in [0.4, 0.5) is 0 Å². The number of hydrogen-bond donors (Lipinski definition) is 0. The van der Waals surface area contributed by atoms with Gasteiger partial charge >= 0.3 is 0 Å². The largest absolute Gasteiger partial charge is 0.0582 e. The molecule has 2 rings (SSSR count). The van der Waals surface area contributed by atoms with Gasteiger partial charge in [-0.05, 0) is 45.9 Å². The number of halogens is 1. The van der Waals surface area contributed by atoms with Crippen molar-refractivity contribution >= 4 is 15.9 Å². The molecule has 94 valence electrons. The summed E-state index contributed by atoms with van der Waals surface area (Å²) in [5, 5.41) is 0. The Hall–Kier alpha value is -0.300. The summed E-state index contributed by atoms with van der Waals surface area (Å²) in [7, 11) is 0. The summed E-state index contributed by atoms with van der Waals surface area (Å²) in [5.41, 5.74) is 5.05. The van der Waals surface area contributed by atoms with Gasteiger partial charge < -0.3 is 0 Å². The highest BCUT2D eigenvalue weighted by atomic mass is 79.9. The van der Waals surface area contributed by atoms with Crippen LogP contribution in [-0.4, -0.2) is 0 Å². The third-order valence-corrected chi connectivity index (χ3v) is 6.62. The summed E-state index contributed by atoms with van der Waals surface area (Å²) in [6.07, 6.45) is 0. The topological polar surface area (TPSA) is 0 Å². The summed E-state index contributed by atoms with van der Waals surface area (Å²) in [5.74, 6) is 0. The molecule has 0 spiro atoms. The average Bonchev–Trinajstić information content (AvgIpc) is 2.28. The van der Waals surface area contributed by atoms with E-state index in [2.05, 4.69) is 76.5 Å². The first-order valence-electron chi connectivity index (χ1n) is 6.34. The molecule has 1 aromatic carbocycles. The predicted octanol–water partition coefficient (Wildman–Crippen LogP) is 5.35. The minimum atomic E-state index is 0.210. The molecular weight excluding hydrogens is 272 g/mol. The van der Waals surface area contributed by atoms with E-state index in [-0.39, 0.29) is 16.2 Å². The molecule has 0 heterocycles. The average molecular weight is 295 g/mol. The molecule has 0 fully saturated rings. The summed E-state index contributed by atoms with van der Waals surface area (Å²) < 4.78 is 1.23. The van der Waals surface area contributed by atoms with Crippen molar-refractivity contribution in [2.75, 3.05) is 0 Å². The highest BCUT2D eigenvalue weighted by Gasteiger charge is 2.56. The predicted molar refractivity (Wildman–Crippen MR) is 78.7 cm³/mol. The van der Waals surface area contributed by atoms with Gasteiger partial charge in [-0.1, -0.05) is 63.5 Å². The van der Waals surface area contributed by atoms with Gasteiger partial charge in [0.05, 0.1) is 0 Å². The fourth-order valence-electron chi connectivity index (χ4n) is 3.17. The fraction of sp³-hybridized carbons (Fsp3) is 0.625. The van der Waals surface area contributed by atoms with Gasteiger partial charge in [0.15, 0.2) is 0 Å². The first kappa shape index (κ1) is 13.1. The summed E-state index contributed by atoms with van der Waals surface area (Å²) in [6, 6.07) is 4.71. The van der Waals surface area contributed by atoms with Crippen molar-refractivity contribution in [1.82, 2.24) is 0 Å². The summed E-state index contributed by atoms with van der Waals surface area (Å²) in [6.45, 7) is 16.5. The molecule has 0 aromatic heterocycles. The highest BCUT2D eigenvalue weighted by molar-refractivity contribution is 9.10. The zero-order valence-corrected chi connectivity index (χ0v) is 13.6. The normalized spacial score (nSPS) is 23.5. The maximum atomic E-state index is 3.68. The molecule has 0 atom stereocenters. The molecule has 0 aliphatic heterocycles. The molecule has 0 nitrogen and oxygen atoms in total. The minimum absolute atomic E-state index is 0.210. The molecule has 0 radical (unpaired) electrons. The Balaban J connectivity index is 2.83. The maximum Gasteiger partial charge on any atom is 0.0207 e. The van der Waals surface area contributed by atoms with E-state index in [9.17, 15) is 0 Å². The van der Waals surface area contributed by atoms with Crippen LogP contribution in [0, 0.1) is 12.3 Å². The zero-order chi connectivity index (χ0) is 13.2. The van der Waals surface area contributed by atoms with E-state index in [0.717, 1.165) is 0 Å². The Labute approximate surface area is 114 Å². The van der Waals surface area contributed by atoms with Gasteiger partial charge in [0, 0.05) is 4.47 Å². The van der Waals surface area contributed by atoms with E-state index < -0.39 is 0 Å². The Morgan fingerprint density at radius 1 is 0.824 bits per heavy atom. The fourth-order valence-corrected chi connectivity index (χ4v) is 3.51. The number of hydrogen-bond acceptors (Lipinski definition) is 0. The minimum Gasteiger partial charge on any atom is -0.0582 e. The van der Waals surface area contributed by atoms with Gasteiger partial charge in [-0.3, -0.25) is 0 Å². The van der Waals surface area contributed by atoms with Crippen LogP contribution >= 0.6 is 15.9 Å². The van der Waals surface area contributed by atoms with Gasteiger partial charge in [0.25, 0.3) is 0 Å². The number of rotatable bonds is 0. The molecule has 0 bridgehead atoms. The lowest BCUT2D eigenvalue weighted by Crippen LogP contribution is -2.42. The Morgan fingerprint density at radius 3 is 1.71 bits per heavy atom. The Morgan fingerprint density at radius 2 is 1.24 bits per heavy atom. The van der Waals surface area contributed by atoms with Crippen molar-refractivity contribution < 1.29 is 0 Å². The van der Waals surface area contributed by atoms with Gasteiger partial charge in [-0.25, -0.2) is 0 Å². The van der Waals surface area contributed by atoms with Crippen molar-refractivity contribution in [2.45, 2.75) is 59.3 Å². The van der Waals surface area contributed by atoms with Crippen LogP contribution in [-0.2, 0) is 10.8 Å². The van der Waals surface area contributed by atoms with E-state index in [1.165, 1.54) is 21.2 Å². The van der Waals surface area contributed by atoms with Crippen molar-refractivity contribution in [3.8, 4) is 0 Å². The van der Waals surface area contributed by atoms with Crippen molar-refractivity contribution in [3.63, 3.8) is 0 Å². The third kappa shape index (κ3) is 1.41. The quantitative estimate of drug-likeness (QED) is 0.605. The van der Waals surface area contributed by atoms with Crippen molar-refractivity contribution in [3.05, 3.63) is 33.3 Å². The molecule has 0 unspecified atom stereocenters. The van der Waals surface area contributed by atoms with E-state index in [1.807, 2.05) is 0 Å². The molecule has 0 saturated carbocycles. The first-order valence-corrected chi connectivity index (χ1v) is 7.14. The second-order valence-corrected chi connectivity index (χ2v) is 7.88. The standard InChI is InChI=1S/C16H23Br/c1-10-8-11-12(9-13(10)17)15(4,5)16(6,7)14(11,2)3/h8-9H,1-7H3. The van der Waals surface area contributed by atoms with E-state index in [0.29, 0.717) is 0 Å². The van der Waals surface area contributed by atoms with Gasteiger partial charge in [-0.15, -0.1) is 0 Å². The van der Waals surface area contributed by atoms with E-state index in [1.54, 1.807) is 0 Å². The smallest absolute Gasteiger partial charge is 0.0207 e. The van der Waals surface area contributed by atoms with E-state index >= 15 is 0 Å². The Bertz CT molecular complexity index is 436. The Kier molecular flexibility index (Phi) is 2.61. The number of aryl methyl sites for hydroxylation is 1. The lowest BCUT2D eigenvalue weighted by atomic mass is 9.59. The van der Waals surface area contributed by atoms with Crippen LogP contribution in [0.25, 0.3) is 0 Å². The number of fused-ring (bicyclic) bond motifs is 1. The van der Waals surface area contributed by atoms with Crippen LogP contribution in [0.5, 0.6) is 0 Å². The van der Waals surface area contributed by atoms with Crippen molar-refractivity contribution in [2.24, 2.45) is 5.41 Å². The number of benzene rings is 1. The molecular formula is C16H23Br. The zero-order valence-electron chi connectivity index (χ0n) is 12.0. The third-order valence-electron chi connectivity index (χ3n) is 5.77. The molecule has 0 N–H and O–H groups in total. The van der Waals surface area contributed by atoms with Gasteiger partial charge in [-0.2, -0.15) is 0 Å². The second-order valence-electron chi connectivity index (χ2n) is 7.02. The highest BCUT2D eigenvalue weighted by Crippen LogP contribution is 2.61. The lowest BCUT2D eigenvalue weighted by molar-refractivity contribution is 0.125. The van der Waals surface area contributed by atoms with Crippen LogP contribution in [0.1, 0.15) is 58.2 Å².